The van der Waals surface area contributed by atoms with E-state index >= 15 is 0 Å². The van der Waals surface area contributed by atoms with Crippen LogP contribution in [0.2, 0.25) is 0 Å². The summed E-state index contributed by atoms with van der Waals surface area (Å²) >= 11 is 0. The van der Waals surface area contributed by atoms with Crippen molar-refractivity contribution in [3.63, 3.8) is 0 Å². The van der Waals surface area contributed by atoms with Crippen LogP contribution in [0.4, 0.5) is 5.69 Å². The van der Waals surface area contributed by atoms with Gasteiger partial charge >= 0.3 is 0 Å². The molecule has 2 aliphatic rings. The average Bonchev–Trinajstić information content (AvgIpc) is 2.73. The van der Waals surface area contributed by atoms with Crippen LogP contribution in [0, 0.1) is 5.92 Å². The first-order valence-electron chi connectivity index (χ1n) is 7.40. The Balaban J connectivity index is 1.63. The van der Waals surface area contributed by atoms with Gasteiger partial charge in [-0.25, -0.2) is 0 Å². The first kappa shape index (κ1) is 13.2. The molecule has 3 rings (SSSR count). The summed E-state index contributed by atoms with van der Waals surface area (Å²) in [4.78, 5) is 25.4. The van der Waals surface area contributed by atoms with E-state index < -0.39 is 0 Å². The molecule has 0 aromatic heterocycles. The molecule has 1 saturated carbocycles. The van der Waals surface area contributed by atoms with Crippen LogP contribution in [0.3, 0.4) is 0 Å². The molecule has 1 aliphatic heterocycles. The van der Waals surface area contributed by atoms with Crippen molar-refractivity contribution in [2.75, 3.05) is 11.9 Å². The van der Waals surface area contributed by atoms with Gasteiger partial charge in [0, 0.05) is 31.1 Å². The number of rotatable bonds is 4. The topological polar surface area (TPSA) is 49.4 Å². The Hall–Kier alpha value is -1.84. The fourth-order valence-electron chi connectivity index (χ4n) is 2.75. The van der Waals surface area contributed by atoms with E-state index in [1.165, 1.54) is 0 Å². The highest BCUT2D eigenvalue weighted by atomic mass is 16.2. The van der Waals surface area contributed by atoms with E-state index in [-0.39, 0.29) is 17.7 Å². The molecule has 0 radical (unpaired) electrons. The first-order chi connectivity index (χ1) is 9.72. The minimum Gasteiger partial charge on any atom is -0.338 e. The number of likely N-dealkylation sites (tertiary alicyclic amines) is 1. The summed E-state index contributed by atoms with van der Waals surface area (Å²) in [6.45, 7) is 1.49. The van der Waals surface area contributed by atoms with Crippen LogP contribution in [0.5, 0.6) is 0 Å². The minimum atomic E-state index is 0.130. The smallest absolute Gasteiger partial charge is 0.227 e. The standard InChI is InChI=1S/C16H20N2O2/c19-15-8-3-9-18(15)11-12-4-1-7-14(10-12)17-16(20)13-5-2-6-13/h1,4,7,10,13H,2-3,5-6,8-9,11H2,(H,17,20). The molecule has 2 amide bonds. The molecule has 0 spiro atoms. The number of nitrogens with one attached hydrogen (secondary N) is 1. The molecule has 0 unspecified atom stereocenters. The summed E-state index contributed by atoms with van der Waals surface area (Å²) in [5.41, 5.74) is 1.91. The van der Waals surface area contributed by atoms with E-state index in [1.54, 1.807) is 0 Å². The Labute approximate surface area is 119 Å². The molecule has 1 aliphatic carbocycles. The van der Waals surface area contributed by atoms with E-state index in [1.807, 2.05) is 29.2 Å². The number of carbonyl (C=O) groups is 2. The van der Waals surface area contributed by atoms with Crippen LogP contribution in [0.15, 0.2) is 24.3 Å². The molecule has 1 aromatic rings. The highest BCUT2D eigenvalue weighted by Gasteiger charge is 2.25. The van der Waals surface area contributed by atoms with Gasteiger partial charge < -0.3 is 10.2 Å². The molecule has 1 saturated heterocycles. The largest absolute Gasteiger partial charge is 0.338 e. The maximum Gasteiger partial charge on any atom is 0.227 e. The lowest BCUT2D eigenvalue weighted by Gasteiger charge is -2.24. The number of hydrogen-bond donors (Lipinski definition) is 1. The predicted molar refractivity (Wildman–Crippen MR) is 77.1 cm³/mol. The Bertz CT molecular complexity index is 523. The number of carbonyl (C=O) groups excluding carboxylic acids is 2. The zero-order valence-electron chi connectivity index (χ0n) is 11.6. The highest BCUT2D eigenvalue weighted by Crippen LogP contribution is 2.27. The van der Waals surface area contributed by atoms with E-state index in [0.717, 1.165) is 43.5 Å². The molecule has 106 valence electrons. The van der Waals surface area contributed by atoms with Gasteiger partial charge in [0.25, 0.3) is 0 Å². The summed E-state index contributed by atoms with van der Waals surface area (Å²) in [7, 11) is 0. The van der Waals surface area contributed by atoms with Crippen LogP contribution in [0.1, 0.15) is 37.7 Å². The molecule has 1 N–H and O–H groups in total. The van der Waals surface area contributed by atoms with Gasteiger partial charge in [-0.2, -0.15) is 0 Å². The van der Waals surface area contributed by atoms with E-state index in [9.17, 15) is 9.59 Å². The molecule has 0 atom stereocenters. The van der Waals surface area contributed by atoms with Crippen molar-refractivity contribution >= 4 is 17.5 Å². The summed E-state index contributed by atoms with van der Waals surface area (Å²) in [6, 6.07) is 7.82. The van der Waals surface area contributed by atoms with Gasteiger partial charge in [0.1, 0.15) is 0 Å². The highest BCUT2D eigenvalue weighted by molar-refractivity contribution is 5.93. The Kier molecular flexibility index (Phi) is 3.72. The van der Waals surface area contributed by atoms with Crippen LogP contribution >= 0.6 is 0 Å². The van der Waals surface area contributed by atoms with E-state index in [0.29, 0.717) is 13.0 Å². The lowest BCUT2D eigenvalue weighted by molar-refractivity contribution is -0.128. The maximum absolute atomic E-state index is 11.9. The summed E-state index contributed by atoms with van der Waals surface area (Å²) < 4.78 is 0. The SMILES string of the molecule is O=C(Nc1cccc(CN2CCCC2=O)c1)C1CCC1. The van der Waals surface area contributed by atoms with Crippen molar-refractivity contribution in [3.05, 3.63) is 29.8 Å². The molecule has 4 heteroatoms. The number of anilines is 1. The Morgan fingerprint density at radius 1 is 1.30 bits per heavy atom. The van der Waals surface area contributed by atoms with Gasteiger partial charge in [0.15, 0.2) is 0 Å². The number of benzene rings is 1. The minimum absolute atomic E-state index is 0.130. The first-order valence-corrected chi connectivity index (χ1v) is 7.40. The van der Waals surface area contributed by atoms with Gasteiger partial charge in [-0.05, 0) is 37.0 Å². The van der Waals surface area contributed by atoms with Crippen molar-refractivity contribution in [1.29, 1.82) is 0 Å². The second kappa shape index (κ2) is 5.65. The van der Waals surface area contributed by atoms with Gasteiger partial charge in [-0.3, -0.25) is 9.59 Å². The summed E-state index contributed by atoms with van der Waals surface area (Å²) in [6.07, 6.45) is 4.80. The van der Waals surface area contributed by atoms with Crippen molar-refractivity contribution in [1.82, 2.24) is 4.90 Å². The molecular weight excluding hydrogens is 252 g/mol. The van der Waals surface area contributed by atoms with Crippen LogP contribution in [-0.2, 0) is 16.1 Å². The van der Waals surface area contributed by atoms with E-state index in [2.05, 4.69) is 5.32 Å². The van der Waals surface area contributed by atoms with Gasteiger partial charge in [-0.1, -0.05) is 18.6 Å². The molecule has 20 heavy (non-hydrogen) atoms. The maximum atomic E-state index is 11.9. The predicted octanol–water partition coefficient (Wildman–Crippen LogP) is 2.55. The molecule has 2 fully saturated rings. The Morgan fingerprint density at radius 2 is 2.15 bits per heavy atom. The molecule has 0 bridgehead atoms. The molecule has 4 nitrogen and oxygen atoms in total. The summed E-state index contributed by atoms with van der Waals surface area (Å²) in [5.74, 6) is 0.554. The lowest BCUT2D eigenvalue weighted by Crippen LogP contribution is -2.28. The van der Waals surface area contributed by atoms with Crippen molar-refractivity contribution in [2.45, 2.75) is 38.6 Å². The van der Waals surface area contributed by atoms with Gasteiger partial charge in [0.2, 0.25) is 11.8 Å². The van der Waals surface area contributed by atoms with Gasteiger partial charge in [0.05, 0.1) is 0 Å². The second-order valence-corrected chi connectivity index (χ2v) is 5.74. The van der Waals surface area contributed by atoms with Crippen LogP contribution in [0.25, 0.3) is 0 Å². The van der Waals surface area contributed by atoms with Crippen LogP contribution < -0.4 is 5.32 Å². The Morgan fingerprint density at radius 3 is 2.80 bits per heavy atom. The number of nitrogens with zero attached hydrogens (tertiary/aromatic N) is 1. The monoisotopic (exact) mass is 272 g/mol. The third-order valence-corrected chi connectivity index (χ3v) is 4.22. The van der Waals surface area contributed by atoms with Crippen LogP contribution in [-0.4, -0.2) is 23.3 Å². The molecular formula is C16H20N2O2. The van der Waals surface area contributed by atoms with Crippen molar-refractivity contribution < 1.29 is 9.59 Å². The zero-order chi connectivity index (χ0) is 13.9. The van der Waals surface area contributed by atoms with Crippen molar-refractivity contribution in [2.24, 2.45) is 5.92 Å². The normalized spacial score (nSPS) is 19.0. The molecule has 1 heterocycles. The van der Waals surface area contributed by atoms with Crippen molar-refractivity contribution in [3.8, 4) is 0 Å². The fraction of sp³-hybridized carbons (Fsp3) is 0.500. The van der Waals surface area contributed by atoms with E-state index in [4.69, 9.17) is 0 Å². The quantitative estimate of drug-likeness (QED) is 0.915. The average molecular weight is 272 g/mol. The third kappa shape index (κ3) is 2.84. The lowest BCUT2D eigenvalue weighted by atomic mass is 9.85. The number of hydrogen-bond acceptors (Lipinski definition) is 2. The third-order valence-electron chi connectivity index (χ3n) is 4.22. The van der Waals surface area contributed by atoms with Gasteiger partial charge in [-0.15, -0.1) is 0 Å². The molecule has 1 aromatic carbocycles. The second-order valence-electron chi connectivity index (χ2n) is 5.74. The number of amides is 2. The summed E-state index contributed by atoms with van der Waals surface area (Å²) in [5, 5.41) is 2.98. The zero-order valence-corrected chi connectivity index (χ0v) is 11.6. The fourth-order valence-corrected chi connectivity index (χ4v) is 2.75.